The van der Waals surface area contributed by atoms with Crippen molar-refractivity contribution in [3.05, 3.63) is 57.9 Å². The number of rotatable bonds is 5. The summed E-state index contributed by atoms with van der Waals surface area (Å²) in [6.07, 6.45) is 3.71. The summed E-state index contributed by atoms with van der Waals surface area (Å²) in [7, 11) is 1.64. The molecule has 6 nitrogen and oxygen atoms in total. The number of hydrogen-bond donors (Lipinski definition) is 0. The molecule has 0 aliphatic heterocycles. The summed E-state index contributed by atoms with van der Waals surface area (Å²) in [5.74, 6) is 1.63. The molecule has 0 N–H and O–H groups in total. The van der Waals surface area contributed by atoms with Gasteiger partial charge in [0.2, 0.25) is 5.65 Å². The molecular weight excluding hydrogens is 292 g/mol. The molecule has 0 amide bonds. The van der Waals surface area contributed by atoms with Gasteiger partial charge in [0.05, 0.1) is 13.7 Å². The molecule has 23 heavy (non-hydrogen) atoms. The fourth-order valence-electron chi connectivity index (χ4n) is 2.65. The third kappa shape index (κ3) is 2.84. The second kappa shape index (κ2) is 6.24. The Labute approximate surface area is 134 Å². The van der Waals surface area contributed by atoms with E-state index in [1.807, 2.05) is 41.8 Å². The second-order valence-corrected chi connectivity index (χ2v) is 5.57. The fourth-order valence-corrected chi connectivity index (χ4v) is 2.65. The third-order valence-corrected chi connectivity index (χ3v) is 3.92. The maximum absolute atomic E-state index is 12.7. The van der Waals surface area contributed by atoms with E-state index in [1.54, 1.807) is 11.7 Å². The van der Waals surface area contributed by atoms with Gasteiger partial charge in [0.15, 0.2) is 0 Å². The van der Waals surface area contributed by atoms with Gasteiger partial charge in [-0.25, -0.2) is 0 Å². The lowest BCUT2D eigenvalue weighted by atomic mass is 10.2. The summed E-state index contributed by atoms with van der Waals surface area (Å²) in [6.45, 7) is 4.51. The van der Waals surface area contributed by atoms with E-state index < -0.39 is 0 Å². The van der Waals surface area contributed by atoms with Crippen LogP contribution >= 0.6 is 0 Å². The molecular formula is C17H20N4O2. The smallest absolute Gasteiger partial charge is 0.296 e. The number of nitrogens with zero attached hydrogens (tertiary/aromatic N) is 4. The quantitative estimate of drug-likeness (QED) is 0.724. The highest BCUT2D eigenvalue weighted by molar-refractivity contribution is 5.37. The Balaban J connectivity index is 2.02. The average Bonchev–Trinajstić information content (AvgIpc) is 2.95. The first kappa shape index (κ1) is 15.3. The van der Waals surface area contributed by atoms with Gasteiger partial charge in [-0.1, -0.05) is 19.1 Å². The van der Waals surface area contributed by atoms with Crippen LogP contribution in [0.25, 0.3) is 5.65 Å². The molecule has 120 valence electrons. The van der Waals surface area contributed by atoms with E-state index in [0.29, 0.717) is 12.2 Å². The fraction of sp³-hybridized carbons (Fsp3) is 0.353. The second-order valence-electron chi connectivity index (χ2n) is 5.57. The Morgan fingerprint density at radius 2 is 1.91 bits per heavy atom. The van der Waals surface area contributed by atoms with Crippen LogP contribution in [0, 0.1) is 6.92 Å². The van der Waals surface area contributed by atoms with Crippen LogP contribution in [0.1, 0.15) is 30.4 Å². The Bertz CT molecular complexity index is 878. The molecule has 3 aromatic rings. The molecule has 2 heterocycles. The zero-order valence-corrected chi connectivity index (χ0v) is 13.6. The van der Waals surface area contributed by atoms with Gasteiger partial charge in [-0.2, -0.15) is 0 Å². The van der Waals surface area contributed by atoms with E-state index in [4.69, 9.17) is 4.74 Å². The van der Waals surface area contributed by atoms with Gasteiger partial charge in [-0.15, -0.1) is 10.2 Å². The maximum Gasteiger partial charge on any atom is 0.296 e. The Kier molecular flexibility index (Phi) is 4.14. The number of hydrogen-bond acceptors (Lipinski definition) is 4. The highest BCUT2D eigenvalue weighted by atomic mass is 16.5. The zero-order chi connectivity index (χ0) is 16.4. The predicted molar refractivity (Wildman–Crippen MR) is 88.1 cm³/mol. The van der Waals surface area contributed by atoms with Crippen molar-refractivity contribution in [1.29, 1.82) is 0 Å². The number of fused-ring (bicyclic) bond motifs is 1. The lowest BCUT2D eigenvalue weighted by molar-refractivity contribution is 0.414. The van der Waals surface area contributed by atoms with E-state index in [9.17, 15) is 4.79 Å². The Morgan fingerprint density at radius 1 is 1.17 bits per heavy atom. The topological polar surface area (TPSA) is 61.4 Å². The van der Waals surface area contributed by atoms with Gasteiger partial charge in [0.1, 0.15) is 11.6 Å². The van der Waals surface area contributed by atoms with Gasteiger partial charge in [0, 0.05) is 18.3 Å². The molecule has 3 rings (SSSR count). The van der Waals surface area contributed by atoms with Crippen LogP contribution in [0.4, 0.5) is 0 Å². The molecule has 0 radical (unpaired) electrons. The first-order chi connectivity index (χ1) is 11.1. The molecule has 0 aliphatic carbocycles. The number of ether oxygens (including phenoxy) is 1. The van der Waals surface area contributed by atoms with E-state index in [2.05, 4.69) is 17.1 Å². The van der Waals surface area contributed by atoms with Crippen molar-refractivity contribution in [2.75, 3.05) is 7.11 Å². The van der Waals surface area contributed by atoms with Crippen LogP contribution in [-0.4, -0.2) is 26.3 Å². The van der Waals surface area contributed by atoms with Crippen LogP contribution in [0.15, 0.2) is 35.3 Å². The lowest BCUT2D eigenvalue weighted by Gasteiger charge is -2.11. The molecule has 0 aliphatic rings. The molecule has 2 aromatic heterocycles. The minimum Gasteiger partial charge on any atom is -0.497 e. The summed E-state index contributed by atoms with van der Waals surface area (Å²) in [4.78, 5) is 12.7. The van der Waals surface area contributed by atoms with Crippen molar-refractivity contribution in [2.45, 2.75) is 33.2 Å². The highest BCUT2D eigenvalue weighted by Gasteiger charge is 2.12. The van der Waals surface area contributed by atoms with Gasteiger partial charge in [-0.05, 0) is 31.0 Å². The Morgan fingerprint density at radius 3 is 2.57 bits per heavy atom. The monoisotopic (exact) mass is 312 g/mol. The van der Waals surface area contributed by atoms with Gasteiger partial charge in [-0.3, -0.25) is 9.20 Å². The number of benzene rings is 1. The zero-order valence-electron chi connectivity index (χ0n) is 13.6. The number of methoxy groups -OCH3 is 1. The first-order valence-corrected chi connectivity index (χ1v) is 7.71. The predicted octanol–water partition coefficient (Wildman–Crippen LogP) is 2.21. The lowest BCUT2D eigenvalue weighted by Crippen LogP contribution is -2.25. The summed E-state index contributed by atoms with van der Waals surface area (Å²) in [5.41, 5.74) is 2.19. The van der Waals surface area contributed by atoms with Crippen molar-refractivity contribution >= 4 is 5.65 Å². The van der Waals surface area contributed by atoms with Gasteiger partial charge >= 0.3 is 0 Å². The number of aromatic nitrogens is 4. The van der Waals surface area contributed by atoms with Gasteiger partial charge in [0.25, 0.3) is 5.56 Å². The average molecular weight is 312 g/mol. The van der Waals surface area contributed by atoms with Crippen molar-refractivity contribution in [1.82, 2.24) is 19.2 Å². The van der Waals surface area contributed by atoms with Crippen LogP contribution in [-0.2, 0) is 13.0 Å². The van der Waals surface area contributed by atoms with Crippen LogP contribution in [0.2, 0.25) is 0 Å². The third-order valence-electron chi connectivity index (χ3n) is 3.92. The normalized spacial score (nSPS) is 11.1. The van der Waals surface area contributed by atoms with Gasteiger partial charge < -0.3 is 9.30 Å². The minimum atomic E-state index is -0.115. The molecule has 0 atom stereocenters. The Hall–Kier alpha value is -2.63. The van der Waals surface area contributed by atoms with Crippen LogP contribution in [0.3, 0.4) is 0 Å². The van der Waals surface area contributed by atoms with Crippen LogP contribution < -0.4 is 10.3 Å². The van der Waals surface area contributed by atoms with Crippen molar-refractivity contribution in [2.24, 2.45) is 0 Å². The summed E-state index contributed by atoms with van der Waals surface area (Å²) >= 11 is 0. The molecule has 0 bridgehead atoms. The molecule has 0 fully saturated rings. The highest BCUT2D eigenvalue weighted by Crippen LogP contribution is 2.13. The molecule has 6 heteroatoms. The van der Waals surface area contributed by atoms with Crippen molar-refractivity contribution < 1.29 is 4.74 Å². The summed E-state index contributed by atoms with van der Waals surface area (Å²) in [5, 5.41) is 8.21. The summed E-state index contributed by atoms with van der Waals surface area (Å²) in [6, 6.07) is 7.71. The standard InChI is InChI=1S/C17H20N4O2/c1-4-5-15-18-19-16-17(22)20(12(2)10-21(15)16)11-13-6-8-14(23-3)9-7-13/h6-10H,4-5,11H2,1-3H3. The molecule has 0 spiro atoms. The van der Waals surface area contributed by atoms with E-state index in [1.165, 1.54) is 0 Å². The molecule has 1 aromatic carbocycles. The van der Waals surface area contributed by atoms with Crippen LogP contribution in [0.5, 0.6) is 5.75 Å². The van der Waals surface area contributed by atoms with E-state index in [-0.39, 0.29) is 5.56 Å². The molecule has 0 saturated heterocycles. The van der Waals surface area contributed by atoms with E-state index in [0.717, 1.165) is 35.7 Å². The van der Waals surface area contributed by atoms with E-state index >= 15 is 0 Å². The minimum absolute atomic E-state index is 0.115. The largest absolute Gasteiger partial charge is 0.497 e. The number of aryl methyl sites for hydroxylation is 2. The summed E-state index contributed by atoms with van der Waals surface area (Å²) < 4.78 is 8.70. The SMILES string of the molecule is CCCc1nnc2c(=O)n(Cc3ccc(OC)cc3)c(C)cn12. The first-order valence-electron chi connectivity index (χ1n) is 7.71. The van der Waals surface area contributed by atoms with Crippen molar-refractivity contribution in [3.8, 4) is 5.75 Å². The molecule has 0 unspecified atom stereocenters. The molecule has 0 saturated carbocycles. The maximum atomic E-state index is 12.7. The van der Waals surface area contributed by atoms with Crippen molar-refractivity contribution in [3.63, 3.8) is 0 Å².